The molecule has 0 bridgehead atoms. The van der Waals surface area contributed by atoms with E-state index in [2.05, 4.69) is 10.6 Å². The van der Waals surface area contributed by atoms with E-state index >= 15 is 0 Å². The van der Waals surface area contributed by atoms with Gasteiger partial charge in [-0.05, 0) is 25.5 Å². The number of hydrogen-bond donors (Lipinski definition) is 3. The Morgan fingerprint density at radius 3 is 2.43 bits per heavy atom. The Morgan fingerprint density at radius 1 is 1.14 bits per heavy atom. The van der Waals surface area contributed by atoms with Gasteiger partial charge in [0.15, 0.2) is 0 Å². The van der Waals surface area contributed by atoms with Gasteiger partial charge in [-0.3, -0.25) is 14.4 Å². The quantitative estimate of drug-likeness (QED) is 0.685. The van der Waals surface area contributed by atoms with Crippen molar-refractivity contribution in [2.75, 3.05) is 23.4 Å². The zero-order chi connectivity index (χ0) is 15.8. The topological polar surface area (TPSA) is 101 Å². The lowest BCUT2D eigenvalue weighted by molar-refractivity contribution is -0.123. The van der Waals surface area contributed by atoms with Crippen LogP contribution in [0.3, 0.4) is 0 Å². The van der Waals surface area contributed by atoms with E-state index in [1.54, 1.807) is 0 Å². The molecule has 0 heterocycles. The van der Waals surface area contributed by atoms with Gasteiger partial charge in [0.1, 0.15) is 0 Å². The average molecular weight is 309 g/mol. The van der Waals surface area contributed by atoms with Gasteiger partial charge in [0.05, 0.1) is 18.1 Å². The Bertz CT molecular complexity index is 546. The molecule has 0 aliphatic heterocycles. The van der Waals surface area contributed by atoms with Crippen LogP contribution in [-0.4, -0.2) is 35.8 Å². The molecule has 0 saturated heterocycles. The van der Waals surface area contributed by atoms with Gasteiger partial charge in [-0.1, -0.05) is 17.7 Å². The molecule has 114 valence electrons. The van der Waals surface area contributed by atoms with Gasteiger partial charge in [0.2, 0.25) is 17.7 Å². The van der Waals surface area contributed by atoms with Crippen LogP contribution in [0.25, 0.3) is 0 Å². The van der Waals surface area contributed by atoms with Gasteiger partial charge in [0.25, 0.3) is 0 Å². The van der Waals surface area contributed by atoms with Crippen LogP contribution in [0.4, 0.5) is 5.69 Å². The average Bonchev–Trinajstić information content (AvgIpc) is 2.39. The lowest BCUT2D eigenvalue weighted by Gasteiger charge is -2.09. The predicted molar refractivity (Wildman–Crippen MR) is 84.1 cm³/mol. The van der Waals surface area contributed by atoms with Crippen LogP contribution in [0.1, 0.15) is 11.1 Å². The number of aryl methyl sites for hydroxylation is 2. The van der Waals surface area contributed by atoms with Gasteiger partial charge in [0, 0.05) is 5.69 Å². The SMILES string of the molecule is Cc1ccc(NC(=O)CSCC(=O)NCC(N)=O)c(C)c1. The minimum atomic E-state index is -0.596. The minimum Gasteiger partial charge on any atom is -0.368 e. The highest BCUT2D eigenvalue weighted by Crippen LogP contribution is 2.16. The van der Waals surface area contributed by atoms with Crippen molar-refractivity contribution in [1.82, 2.24) is 5.32 Å². The maximum atomic E-state index is 11.8. The zero-order valence-electron chi connectivity index (χ0n) is 12.1. The van der Waals surface area contributed by atoms with E-state index in [4.69, 9.17) is 5.73 Å². The molecule has 6 nitrogen and oxygen atoms in total. The summed E-state index contributed by atoms with van der Waals surface area (Å²) in [5.41, 5.74) is 7.80. The number of benzene rings is 1. The van der Waals surface area contributed by atoms with Crippen LogP contribution in [-0.2, 0) is 14.4 Å². The first-order valence-corrected chi connectivity index (χ1v) is 7.54. The fourth-order valence-corrected chi connectivity index (χ4v) is 2.26. The summed E-state index contributed by atoms with van der Waals surface area (Å²) in [6.07, 6.45) is 0. The van der Waals surface area contributed by atoms with Crippen molar-refractivity contribution in [1.29, 1.82) is 0 Å². The molecule has 21 heavy (non-hydrogen) atoms. The van der Waals surface area contributed by atoms with Crippen LogP contribution < -0.4 is 16.4 Å². The Morgan fingerprint density at radius 2 is 1.81 bits per heavy atom. The predicted octanol–water partition coefficient (Wildman–Crippen LogP) is 0.577. The number of thioether (sulfide) groups is 1. The van der Waals surface area contributed by atoms with Crippen molar-refractivity contribution < 1.29 is 14.4 Å². The first-order valence-electron chi connectivity index (χ1n) is 6.38. The van der Waals surface area contributed by atoms with Crippen molar-refractivity contribution in [2.24, 2.45) is 5.73 Å². The molecule has 0 aliphatic carbocycles. The monoisotopic (exact) mass is 309 g/mol. The van der Waals surface area contributed by atoms with Crippen molar-refractivity contribution in [3.63, 3.8) is 0 Å². The maximum Gasteiger partial charge on any atom is 0.236 e. The number of carbonyl (C=O) groups excluding carboxylic acids is 3. The van der Waals surface area contributed by atoms with Gasteiger partial charge in [-0.25, -0.2) is 0 Å². The number of rotatable bonds is 7. The number of amides is 3. The lowest BCUT2D eigenvalue weighted by Crippen LogP contribution is -2.34. The van der Waals surface area contributed by atoms with Crippen LogP contribution in [0.5, 0.6) is 0 Å². The number of carbonyl (C=O) groups is 3. The third kappa shape index (κ3) is 6.80. The molecule has 0 aromatic heterocycles. The summed E-state index contributed by atoms with van der Waals surface area (Å²) in [4.78, 5) is 33.5. The number of nitrogens with one attached hydrogen (secondary N) is 2. The second-order valence-electron chi connectivity index (χ2n) is 4.60. The van der Waals surface area contributed by atoms with Crippen LogP contribution in [0, 0.1) is 13.8 Å². The summed E-state index contributed by atoms with van der Waals surface area (Å²) in [5, 5.41) is 5.15. The molecule has 0 spiro atoms. The fraction of sp³-hybridized carbons (Fsp3) is 0.357. The summed E-state index contributed by atoms with van der Waals surface area (Å²) < 4.78 is 0. The van der Waals surface area contributed by atoms with Crippen molar-refractivity contribution >= 4 is 35.2 Å². The van der Waals surface area contributed by atoms with E-state index < -0.39 is 5.91 Å². The smallest absolute Gasteiger partial charge is 0.236 e. The number of anilines is 1. The summed E-state index contributed by atoms with van der Waals surface area (Å²) in [5.74, 6) is -0.820. The summed E-state index contributed by atoms with van der Waals surface area (Å²) in [6.45, 7) is 3.72. The normalized spacial score (nSPS) is 10.0. The van der Waals surface area contributed by atoms with Gasteiger partial charge >= 0.3 is 0 Å². The third-order valence-electron chi connectivity index (χ3n) is 2.58. The largest absolute Gasteiger partial charge is 0.368 e. The number of primary amides is 1. The highest BCUT2D eigenvalue weighted by atomic mass is 32.2. The molecule has 0 aliphatic rings. The van der Waals surface area contributed by atoms with E-state index in [1.807, 2.05) is 32.0 Å². The first-order chi connectivity index (χ1) is 9.88. The van der Waals surface area contributed by atoms with E-state index in [0.717, 1.165) is 16.8 Å². The first kappa shape index (κ1) is 17.0. The third-order valence-corrected chi connectivity index (χ3v) is 3.51. The molecular formula is C14H19N3O3S. The molecule has 1 aromatic rings. The molecule has 0 radical (unpaired) electrons. The summed E-state index contributed by atoms with van der Waals surface area (Å²) in [6, 6.07) is 5.76. The van der Waals surface area contributed by atoms with Crippen molar-refractivity contribution in [3.8, 4) is 0 Å². The van der Waals surface area contributed by atoms with Crippen LogP contribution in [0.2, 0.25) is 0 Å². The Balaban J connectivity index is 2.31. The Kier molecular flexibility index (Phi) is 6.74. The van der Waals surface area contributed by atoms with Crippen LogP contribution in [0.15, 0.2) is 18.2 Å². The molecule has 0 saturated carbocycles. The number of nitrogens with two attached hydrogens (primary N) is 1. The Hall–Kier alpha value is -2.02. The zero-order valence-corrected chi connectivity index (χ0v) is 12.9. The van der Waals surface area contributed by atoms with Crippen molar-refractivity contribution in [3.05, 3.63) is 29.3 Å². The minimum absolute atomic E-state index is 0.105. The fourth-order valence-electron chi connectivity index (χ4n) is 1.61. The second kappa shape index (κ2) is 8.31. The summed E-state index contributed by atoms with van der Waals surface area (Å²) in [7, 11) is 0. The molecule has 7 heteroatoms. The highest BCUT2D eigenvalue weighted by molar-refractivity contribution is 8.00. The van der Waals surface area contributed by atoms with E-state index in [9.17, 15) is 14.4 Å². The lowest BCUT2D eigenvalue weighted by atomic mass is 10.1. The standard InChI is InChI=1S/C14H19N3O3S/c1-9-3-4-11(10(2)5-9)17-14(20)8-21-7-13(19)16-6-12(15)18/h3-5H,6-8H2,1-2H3,(H2,15,18)(H,16,19)(H,17,20). The Labute approximate surface area is 127 Å². The van der Waals surface area contributed by atoms with E-state index in [0.29, 0.717) is 0 Å². The van der Waals surface area contributed by atoms with E-state index in [-0.39, 0.29) is 29.9 Å². The maximum absolute atomic E-state index is 11.8. The molecular weight excluding hydrogens is 290 g/mol. The van der Waals surface area contributed by atoms with E-state index in [1.165, 1.54) is 11.8 Å². The molecule has 0 atom stereocenters. The second-order valence-corrected chi connectivity index (χ2v) is 5.59. The molecule has 0 fully saturated rings. The molecule has 4 N–H and O–H groups in total. The van der Waals surface area contributed by atoms with Crippen molar-refractivity contribution in [2.45, 2.75) is 13.8 Å². The molecule has 1 rings (SSSR count). The molecule has 1 aromatic carbocycles. The number of hydrogen-bond acceptors (Lipinski definition) is 4. The molecule has 0 unspecified atom stereocenters. The molecule has 3 amide bonds. The van der Waals surface area contributed by atoms with Crippen LogP contribution >= 0.6 is 11.8 Å². The summed E-state index contributed by atoms with van der Waals surface area (Å²) >= 11 is 1.17. The van der Waals surface area contributed by atoms with Gasteiger partial charge < -0.3 is 16.4 Å². The highest BCUT2D eigenvalue weighted by Gasteiger charge is 2.08. The van der Waals surface area contributed by atoms with Gasteiger partial charge in [-0.15, -0.1) is 11.8 Å². The van der Waals surface area contributed by atoms with Gasteiger partial charge in [-0.2, -0.15) is 0 Å².